The molecule has 0 aliphatic carbocycles. The van der Waals surface area contributed by atoms with Crippen LogP contribution in [0.3, 0.4) is 0 Å². The highest BCUT2D eigenvalue weighted by atomic mass is 16.6. The van der Waals surface area contributed by atoms with Crippen molar-refractivity contribution in [2.75, 3.05) is 39.6 Å². The van der Waals surface area contributed by atoms with E-state index >= 15 is 0 Å². The number of aliphatic hydroxyl groups is 1. The molecule has 1 aliphatic rings. The molecule has 1 aliphatic heterocycles. The summed E-state index contributed by atoms with van der Waals surface area (Å²) in [6.07, 6.45) is -0.533. The average molecular weight is 268 g/mol. The van der Waals surface area contributed by atoms with E-state index in [1.807, 2.05) is 12.1 Å². The van der Waals surface area contributed by atoms with Crippen LogP contribution in [0.2, 0.25) is 0 Å². The van der Waals surface area contributed by atoms with Gasteiger partial charge in [0.1, 0.15) is 13.2 Å². The number of hydrogen-bond donors (Lipinski definition) is 1. The van der Waals surface area contributed by atoms with Crippen molar-refractivity contribution in [1.29, 1.82) is 0 Å². The molecule has 5 nitrogen and oxygen atoms in total. The molecule has 0 bridgehead atoms. The van der Waals surface area contributed by atoms with Crippen molar-refractivity contribution in [3.63, 3.8) is 0 Å². The Labute approximate surface area is 113 Å². The van der Waals surface area contributed by atoms with Gasteiger partial charge in [-0.3, -0.25) is 0 Å². The quantitative estimate of drug-likeness (QED) is 0.837. The summed E-state index contributed by atoms with van der Waals surface area (Å²) in [6, 6.07) is 5.44. The van der Waals surface area contributed by atoms with Gasteiger partial charge < -0.3 is 24.1 Å². The van der Waals surface area contributed by atoms with Gasteiger partial charge >= 0.3 is 0 Å². The van der Waals surface area contributed by atoms with Crippen LogP contribution < -0.4 is 9.47 Å². The van der Waals surface area contributed by atoms with E-state index in [0.717, 1.165) is 5.56 Å². The van der Waals surface area contributed by atoms with Gasteiger partial charge in [0.2, 0.25) is 0 Å². The average Bonchev–Trinajstić information content (AvgIpc) is 2.39. The fraction of sp³-hybridized carbons (Fsp3) is 0.571. The molecule has 1 aromatic rings. The molecule has 0 aromatic heterocycles. The number of rotatable bonds is 1. The summed E-state index contributed by atoms with van der Waals surface area (Å²) in [6.45, 7) is 4.77. The molecule has 1 aromatic carbocycles. The molecule has 1 N–H and O–H groups in total. The Morgan fingerprint density at radius 2 is 1.47 bits per heavy atom. The maximum Gasteiger partial charge on any atom is 0.161 e. The van der Waals surface area contributed by atoms with Crippen molar-refractivity contribution in [2.24, 2.45) is 0 Å². The number of benzene rings is 1. The molecule has 19 heavy (non-hydrogen) atoms. The smallest absolute Gasteiger partial charge is 0.161 e. The van der Waals surface area contributed by atoms with Gasteiger partial charge in [-0.1, -0.05) is 6.07 Å². The molecule has 106 valence electrons. The molecule has 0 amide bonds. The van der Waals surface area contributed by atoms with Gasteiger partial charge in [0.25, 0.3) is 0 Å². The Kier molecular flexibility index (Phi) is 5.44. The molecule has 0 radical (unpaired) electrons. The van der Waals surface area contributed by atoms with E-state index < -0.39 is 6.10 Å². The Balaban J connectivity index is 2.11. The molecule has 0 saturated heterocycles. The second kappa shape index (κ2) is 7.33. The Hall–Kier alpha value is -1.30. The fourth-order valence-corrected chi connectivity index (χ4v) is 1.76. The minimum absolute atomic E-state index is 0.444. The van der Waals surface area contributed by atoms with Gasteiger partial charge in [-0.25, -0.2) is 0 Å². The lowest BCUT2D eigenvalue weighted by Gasteiger charge is -2.16. The van der Waals surface area contributed by atoms with Crippen molar-refractivity contribution in [2.45, 2.75) is 13.0 Å². The Bertz CT molecular complexity index is 391. The van der Waals surface area contributed by atoms with Crippen LogP contribution in [0.5, 0.6) is 11.5 Å². The Morgan fingerprint density at radius 1 is 0.895 bits per heavy atom. The van der Waals surface area contributed by atoms with Gasteiger partial charge in [-0.15, -0.1) is 0 Å². The minimum atomic E-state index is -0.533. The highest BCUT2D eigenvalue weighted by molar-refractivity contribution is 5.43. The standard InChI is InChI=1S/C14H20O5/c1-11(15)12-2-3-13-14(10-12)19-9-7-17-5-4-16-6-8-18-13/h2-3,10-11,15H,4-9H2,1H3. The van der Waals surface area contributed by atoms with Gasteiger partial charge in [0.15, 0.2) is 11.5 Å². The van der Waals surface area contributed by atoms with E-state index in [-0.39, 0.29) is 0 Å². The van der Waals surface area contributed by atoms with Crippen LogP contribution >= 0.6 is 0 Å². The molecule has 5 heteroatoms. The van der Waals surface area contributed by atoms with Crippen molar-refractivity contribution >= 4 is 0 Å². The highest BCUT2D eigenvalue weighted by Gasteiger charge is 2.10. The van der Waals surface area contributed by atoms with Crippen molar-refractivity contribution in [3.05, 3.63) is 23.8 Å². The molecule has 1 heterocycles. The summed E-state index contributed by atoms with van der Waals surface area (Å²) in [7, 11) is 0. The lowest BCUT2D eigenvalue weighted by Crippen LogP contribution is -2.15. The third-order valence-electron chi connectivity index (χ3n) is 2.79. The zero-order valence-electron chi connectivity index (χ0n) is 11.1. The zero-order chi connectivity index (χ0) is 13.5. The summed E-state index contributed by atoms with van der Waals surface area (Å²) in [5.41, 5.74) is 0.798. The third-order valence-corrected chi connectivity index (χ3v) is 2.79. The van der Waals surface area contributed by atoms with Gasteiger partial charge in [0.05, 0.1) is 32.5 Å². The van der Waals surface area contributed by atoms with E-state index in [2.05, 4.69) is 0 Å². The van der Waals surface area contributed by atoms with Gasteiger partial charge in [-0.05, 0) is 24.6 Å². The monoisotopic (exact) mass is 268 g/mol. The van der Waals surface area contributed by atoms with E-state index in [1.54, 1.807) is 13.0 Å². The summed E-state index contributed by atoms with van der Waals surface area (Å²) in [4.78, 5) is 0. The van der Waals surface area contributed by atoms with Gasteiger partial charge in [-0.2, -0.15) is 0 Å². The van der Waals surface area contributed by atoms with Crippen LogP contribution in [0.4, 0.5) is 0 Å². The predicted octanol–water partition coefficient (Wildman–Crippen LogP) is 1.54. The first kappa shape index (κ1) is 14.1. The largest absolute Gasteiger partial charge is 0.487 e. The lowest BCUT2D eigenvalue weighted by molar-refractivity contribution is 0.0223. The van der Waals surface area contributed by atoms with E-state index in [9.17, 15) is 5.11 Å². The predicted molar refractivity (Wildman–Crippen MR) is 69.7 cm³/mol. The first-order valence-corrected chi connectivity index (χ1v) is 6.50. The maximum atomic E-state index is 9.59. The van der Waals surface area contributed by atoms with E-state index in [4.69, 9.17) is 18.9 Å². The second-order valence-corrected chi connectivity index (χ2v) is 4.30. The lowest BCUT2D eigenvalue weighted by atomic mass is 10.1. The SMILES string of the molecule is CC(O)c1ccc2c(c1)OCCOCCOCCO2. The van der Waals surface area contributed by atoms with E-state index in [0.29, 0.717) is 51.1 Å². The third kappa shape index (κ3) is 4.38. The molecule has 1 atom stereocenters. The summed E-state index contributed by atoms with van der Waals surface area (Å²) < 4.78 is 22.0. The Morgan fingerprint density at radius 3 is 2.11 bits per heavy atom. The van der Waals surface area contributed by atoms with Crippen LogP contribution in [0.15, 0.2) is 18.2 Å². The highest BCUT2D eigenvalue weighted by Crippen LogP contribution is 2.30. The summed E-state index contributed by atoms with van der Waals surface area (Å²) in [5.74, 6) is 1.29. The number of fused-ring (bicyclic) bond motifs is 1. The van der Waals surface area contributed by atoms with Crippen LogP contribution in [0.1, 0.15) is 18.6 Å². The van der Waals surface area contributed by atoms with Crippen molar-refractivity contribution in [1.82, 2.24) is 0 Å². The molecule has 0 spiro atoms. The number of ether oxygens (including phenoxy) is 4. The van der Waals surface area contributed by atoms with Crippen LogP contribution in [0, 0.1) is 0 Å². The number of aliphatic hydroxyl groups excluding tert-OH is 1. The molecule has 2 rings (SSSR count). The topological polar surface area (TPSA) is 57.2 Å². The molecule has 1 unspecified atom stereocenters. The molecular weight excluding hydrogens is 248 g/mol. The van der Waals surface area contributed by atoms with Crippen molar-refractivity contribution < 1.29 is 24.1 Å². The van der Waals surface area contributed by atoms with E-state index in [1.165, 1.54) is 0 Å². The summed E-state index contributed by atoms with van der Waals surface area (Å²) >= 11 is 0. The second-order valence-electron chi connectivity index (χ2n) is 4.30. The molecule has 0 fully saturated rings. The van der Waals surface area contributed by atoms with Crippen LogP contribution in [-0.4, -0.2) is 44.7 Å². The van der Waals surface area contributed by atoms with Gasteiger partial charge in [0, 0.05) is 0 Å². The molecular formula is C14H20O5. The molecule has 0 saturated carbocycles. The first-order valence-electron chi connectivity index (χ1n) is 6.50. The summed E-state index contributed by atoms with van der Waals surface area (Å²) in [5, 5.41) is 9.59. The van der Waals surface area contributed by atoms with Crippen LogP contribution in [0.25, 0.3) is 0 Å². The minimum Gasteiger partial charge on any atom is -0.487 e. The van der Waals surface area contributed by atoms with Crippen LogP contribution in [-0.2, 0) is 9.47 Å². The normalized spacial score (nSPS) is 19.1. The van der Waals surface area contributed by atoms with Crippen molar-refractivity contribution in [3.8, 4) is 11.5 Å². The first-order chi connectivity index (χ1) is 9.27. The number of hydrogen-bond acceptors (Lipinski definition) is 5. The zero-order valence-corrected chi connectivity index (χ0v) is 11.1. The fourth-order valence-electron chi connectivity index (χ4n) is 1.76. The maximum absolute atomic E-state index is 9.59.